The lowest BCUT2D eigenvalue weighted by Gasteiger charge is -2.47. The Morgan fingerprint density at radius 2 is 2.04 bits per heavy atom. The number of H-pyrrole nitrogens is 1. The van der Waals surface area contributed by atoms with E-state index in [1.165, 1.54) is 0 Å². The number of fused-ring (bicyclic) bond motifs is 1. The van der Waals surface area contributed by atoms with Gasteiger partial charge in [-0.25, -0.2) is 0 Å². The lowest BCUT2D eigenvalue weighted by molar-refractivity contribution is -0.0887. The van der Waals surface area contributed by atoms with Crippen LogP contribution >= 0.6 is 12.2 Å². The van der Waals surface area contributed by atoms with E-state index < -0.39 is 5.60 Å². The Morgan fingerprint density at radius 3 is 2.84 bits per heavy atom. The van der Waals surface area contributed by atoms with Crippen molar-refractivity contribution in [1.82, 2.24) is 14.5 Å². The van der Waals surface area contributed by atoms with Crippen LogP contribution in [0.1, 0.15) is 42.6 Å². The number of hydrogen-bond acceptors (Lipinski definition) is 3. The van der Waals surface area contributed by atoms with Crippen molar-refractivity contribution in [3.05, 3.63) is 47.0 Å². The molecule has 0 spiro atoms. The summed E-state index contributed by atoms with van der Waals surface area (Å²) in [6.07, 6.45) is 6.45. The normalized spacial score (nSPS) is 26.3. The number of likely N-dealkylation sites (tertiary alicyclic amines) is 1. The van der Waals surface area contributed by atoms with Gasteiger partial charge in [0.05, 0.1) is 5.60 Å². The Hall–Kier alpha value is -1.92. The summed E-state index contributed by atoms with van der Waals surface area (Å²) in [6, 6.07) is 9.69. The molecule has 4 rings (SSSR count). The van der Waals surface area contributed by atoms with Gasteiger partial charge in [-0.05, 0) is 43.6 Å². The molecule has 1 saturated carbocycles. The standard InChI is InChI=1S/C19H23N3O2S/c23-17(21-11-10-19(24)9-5-4-6-14(19)13-21)16-12-20-18(25)22(16)15-7-2-1-3-8-15/h1-3,7-8,12,14,24H,4-6,9-11,13H2,(H,20,25)/t14-,19+/m0/s1. The molecule has 1 amide bonds. The maximum absolute atomic E-state index is 13.1. The number of aromatic amines is 1. The lowest BCUT2D eigenvalue weighted by atomic mass is 9.71. The molecule has 0 radical (unpaired) electrons. The molecule has 1 aromatic carbocycles. The van der Waals surface area contributed by atoms with Gasteiger partial charge in [-0.2, -0.15) is 0 Å². The van der Waals surface area contributed by atoms with Crippen LogP contribution in [0.5, 0.6) is 0 Å². The molecule has 1 aromatic heterocycles. The molecule has 2 fully saturated rings. The molecule has 2 atom stereocenters. The third-order valence-corrected chi connectivity index (χ3v) is 6.03. The molecule has 5 nitrogen and oxygen atoms in total. The zero-order valence-electron chi connectivity index (χ0n) is 14.1. The van der Waals surface area contributed by atoms with E-state index in [1.54, 1.807) is 10.8 Å². The number of nitrogens with zero attached hydrogens (tertiary/aromatic N) is 2. The second-order valence-corrected chi connectivity index (χ2v) is 7.58. The second-order valence-electron chi connectivity index (χ2n) is 7.20. The molecular weight excluding hydrogens is 334 g/mol. The number of amides is 1. The second kappa shape index (κ2) is 6.42. The number of aliphatic hydroxyl groups is 1. The molecule has 0 unspecified atom stereocenters. The van der Waals surface area contributed by atoms with Crippen molar-refractivity contribution in [2.75, 3.05) is 13.1 Å². The first-order valence-corrected chi connectivity index (χ1v) is 9.37. The molecule has 6 heteroatoms. The van der Waals surface area contributed by atoms with Crippen LogP contribution in [0.2, 0.25) is 0 Å². The third kappa shape index (κ3) is 2.93. The number of carbonyl (C=O) groups excluding carboxylic acids is 1. The third-order valence-electron chi connectivity index (χ3n) is 5.72. The van der Waals surface area contributed by atoms with E-state index in [1.807, 2.05) is 35.2 Å². The maximum atomic E-state index is 13.1. The van der Waals surface area contributed by atoms with Crippen LogP contribution in [0.3, 0.4) is 0 Å². The highest BCUT2D eigenvalue weighted by atomic mass is 32.1. The van der Waals surface area contributed by atoms with Gasteiger partial charge in [0.15, 0.2) is 4.77 Å². The molecule has 1 aliphatic heterocycles. The minimum Gasteiger partial charge on any atom is -0.389 e. The summed E-state index contributed by atoms with van der Waals surface area (Å²) < 4.78 is 2.31. The largest absolute Gasteiger partial charge is 0.389 e. The van der Waals surface area contributed by atoms with E-state index in [0.29, 0.717) is 30.0 Å². The van der Waals surface area contributed by atoms with E-state index in [0.717, 1.165) is 31.4 Å². The van der Waals surface area contributed by atoms with Gasteiger partial charge in [-0.3, -0.25) is 9.36 Å². The van der Waals surface area contributed by atoms with Crippen molar-refractivity contribution in [1.29, 1.82) is 0 Å². The van der Waals surface area contributed by atoms with Gasteiger partial charge in [0.2, 0.25) is 0 Å². The number of rotatable bonds is 2. The van der Waals surface area contributed by atoms with E-state index in [2.05, 4.69) is 4.98 Å². The van der Waals surface area contributed by atoms with E-state index in [4.69, 9.17) is 12.2 Å². The van der Waals surface area contributed by atoms with Crippen molar-refractivity contribution >= 4 is 18.1 Å². The van der Waals surface area contributed by atoms with E-state index in [9.17, 15) is 9.90 Å². The topological polar surface area (TPSA) is 61.3 Å². The summed E-state index contributed by atoms with van der Waals surface area (Å²) in [4.78, 5) is 18.0. The highest BCUT2D eigenvalue weighted by Gasteiger charge is 2.44. The molecule has 1 aliphatic carbocycles. The SMILES string of the molecule is O=C(c1c[nH]c(=S)n1-c1ccccc1)N1CC[C@]2(O)CCCC[C@H]2C1. The molecule has 2 aromatic rings. The number of imidazole rings is 1. The lowest BCUT2D eigenvalue weighted by Crippen LogP contribution is -2.54. The van der Waals surface area contributed by atoms with Gasteiger partial charge < -0.3 is 15.0 Å². The zero-order valence-corrected chi connectivity index (χ0v) is 15.0. The van der Waals surface area contributed by atoms with E-state index in [-0.39, 0.29) is 11.8 Å². The predicted octanol–water partition coefficient (Wildman–Crippen LogP) is 3.30. The van der Waals surface area contributed by atoms with Crippen LogP contribution in [-0.2, 0) is 0 Å². The Labute approximate surface area is 152 Å². The van der Waals surface area contributed by atoms with Crippen LogP contribution in [-0.4, -0.2) is 44.2 Å². The van der Waals surface area contributed by atoms with Gasteiger partial charge >= 0.3 is 0 Å². The van der Waals surface area contributed by atoms with Gasteiger partial charge in [-0.15, -0.1) is 0 Å². The monoisotopic (exact) mass is 357 g/mol. The van der Waals surface area contributed by atoms with Crippen molar-refractivity contribution in [2.45, 2.75) is 37.7 Å². The fraction of sp³-hybridized carbons (Fsp3) is 0.474. The number of benzene rings is 1. The Kier molecular flexibility index (Phi) is 4.25. The smallest absolute Gasteiger partial charge is 0.272 e. The Morgan fingerprint density at radius 1 is 1.24 bits per heavy atom. The summed E-state index contributed by atoms with van der Waals surface area (Å²) in [6.45, 7) is 1.22. The van der Waals surface area contributed by atoms with Gasteiger partial charge in [0, 0.05) is 30.9 Å². The number of piperidine rings is 1. The van der Waals surface area contributed by atoms with Crippen LogP contribution in [0.25, 0.3) is 5.69 Å². The van der Waals surface area contributed by atoms with Crippen molar-refractivity contribution in [2.24, 2.45) is 5.92 Å². The summed E-state index contributed by atoms with van der Waals surface area (Å²) in [5, 5.41) is 10.8. The quantitative estimate of drug-likeness (QED) is 0.811. The predicted molar refractivity (Wildman–Crippen MR) is 98.4 cm³/mol. The number of aromatic nitrogens is 2. The molecule has 2 aliphatic rings. The molecule has 2 heterocycles. The summed E-state index contributed by atoms with van der Waals surface area (Å²) >= 11 is 5.38. The van der Waals surface area contributed by atoms with Crippen LogP contribution in [0.4, 0.5) is 0 Å². The van der Waals surface area contributed by atoms with Crippen LogP contribution in [0.15, 0.2) is 36.5 Å². The minimum atomic E-state index is -0.578. The molecular formula is C19H23N3O2S. The zero-order chi connectivity index (χ0) is 17.4. The number of para-hydroxylation sites is 1. The fourth-order valence-corrected chi connectivity index (χ4v) is 4.54. The molecule has 1 saturated heterocycles. The summed E-state index contributed by atoms with van der Waals surface area (Å²) in [5.74, 6) is 0.162. The van der Waals surface area contributed by atoms with Crippen molar-refractivity contribution in [3.63, 3.8) is 0 Å². The maximum Gasteiger partial charge on any atom is 0.272 e. The summed E-state index contributed by atoms with van der Waals surface area (Å²) in [7, 11) is 0. The van der Waals surface area contributed by atoms with Crippen LogP contribution < -0.4 is 0 Å². The highest BCUT2D eigenvalue weighted by Crippen LogP contribution is 2.40. The van der Waals surface area contributed by atoms with Gasteiger partial charge in [0.1, 0.15) is 5.69 Å². The van der Waals surface area contributed by atoms with Crippen LogP contribution in [0, 0.1) is 10.7 Å². The van der Waals surface area contributed by atoms with Gasteiger partial charge in [-0.1, -0.05) is 31.0 Å². The average molecular weight is 357 g/mol. The molecule has 25 heavy (non-hydrogen) atoms. The first-order valence-electron chi connectivity index (χ1n) is 8.96. The highest BCUT2D eigenvalue weighted by molar-refractivity contribution is 7.71. The number of carbonyl (C=O) groups is 1. The number of hydrogen-bond donors (Lipinski definition) is 2. The summed E-state index contributed by atoms with van der Waals surface area (Å²) in [5.41, 5.74) is 0.854. The van der Waals surface area contributed by atoms with Crippen molar-refractivity contribution in [3.8, 4) is 5.69 Å². The molecule has 132 valence electrons. The fourth-order valence-electron chi connectivity index (χ4n) is 4.28. The number of nitrogens with one attached hydrogen (secondary N) is 1. The average Bonchev–Trinajstić information content (AvgIpc) is 3.02. The Bertz CT molecular complexity index is 829. The minimum absolute atomic E-state index is 0.0242. The van der Waals surface area contributed by atoms with Crippen molar-refractivity contribution < 1.29 is 9.90 Å². The Balaban J connectivity index is 1.61. The molecule has 2 N–H and O–H groups in total. The van der Waals surface area contributed by atoms with E-state index >= 15 is 0 Å². The van der Waals surface area contributed by atoms with Gasteiger partial charge in [0.25, 0.3) is 5.91 Å². The first kappa shape index (κ1) is 16.5. The molecule has 0 bridgehead atoms. The first-order chi connectivity index (χ1) is 12.1.